The van der Waals surface area contributed by atoms with Gasteiger partial charge in [-0.05, 0) is 5.57 Å². The van der Waals surface area contributed by atoms with E-state index in [0.29, 0.717) is 5.57 Å². The molecule has 1 fully saturated rings. The summed E-state index contributed by atoms with van der Waals surface area (Å²) >= 11 is 0. The summed E-state index contributed by atoms with van der Waals surface area (Å²) in [5.41, 5.74) is 0.398. The molecule has 1 aliphatic carbocycles. The summed E-state index contributed by atoms with van der Waals surface area (Å²) < 4.78 is 21.1. The quantitative estimate of drug-likeness (QED) is 0.200. The van der Waals surface area contributed by atoms with Crippen LogP contribution in [0.1, 0.15) is 0 Å². The first kappa shape index (κ1) is 21.1. The van der Waals surface area contributed by atoms with Crippen LogP contribution in [0.3, 0.4) is 0 Å². The number of hydrogen-bond acceptors (Lipinski definition) is 11. The van der Waals surface area contributed by atoms with Crippen LogP contribution in [0, 0.1) is 11.8 Å². The third-order valence-corrected chi connectivity index (χ3v) is 5.27. The van der Waals surface area contributed by atoms with Gasteiger partial charge in [-0.15, -0.1) is 0 Å². The van der Waals surface area contributed by atoms with Gasteiger partial charge in [-0.2, -0.15) is 0 Å². The lowest BCUT2D eigenvalue weighted by Crippen LogP contribution is -2.60. The molecule has 3 aliphatic rings. The fraction of sp³-hybridized carbons (Fsp3) is 0.706. The van der Waals surface area contributed by atoms with Gasteiger partial charge in [0.05, 0.1) is 44.2 Å². The second-order valence-electron chi connectivity index (χ2n) is 6.84. The van der Waals surface area contributed by atoms with E-state index in [2.05, 4.69) is 0 Å². The molecular formula is C17H24O11. The van der Waals surface area contributed by atoms with E-state index in [9.17, 15) is 35.4 Å². The van der Waals surface area contributed by atoms with Crippen molar-refractivity contribution in [3.63, 3.8) is 0 Å². The Morgan fingerprint density at radius 1 is 1.07 bits per heavy atom. The number of hydrogen-bond donors (Lipinski definition) is 6. The fourth-order valence-corrected chi connectivity index (χ4v) is 3.79. The lowest BCUT2D eigenvalue weighted by Gasteiger charge is -2.43. The second kappa shape index (κ2) is 8.43. The van der Waals surface area contributed by atoms with Crippen molar-refractivity contribution in [2.75, 3.05) is 20.3 Å². The maximum atomic E-state index is 12.0. The summed E-state index contributed by atoms with van der Waals surface area (Å²) in [6.45, 7) is -1.07. The summed E-state index contributed by atoms with van der Waals surface area (Å²) in [5, 5.41) is 59.1. The summed E-state index contributed by atoms with van der Waals surface area (Å²) in [6, 6.07) is 0. The van der Waals surface area contributed by atoms with Gasteiger partial charge in [-0.1, -0.05) is 6.08 Å². The number of methoxy groups -OCH3 is 1. The van der Waals surface area contributed by atoms with Crippen molar-refractivity contribution in [1.29, 1.82) is 0 Å². The Morgan fingerprint density at radius 2 is 1.79 bits per heavy atom. The molecule has 0 aromatic rings. The Kier molecular flexibility index (Phi) is 6.37. The lowest BCUT2D eigenvalue weighted by molar-refractivity contribution is -0.340. The normalized spacial score (nSPS) is 42.9. The number of esters is 1. The first-order valence-electron chi connectivity index (χ1n) is 8.73. The topological polar surface area (TPSA) is 175 Å². The number of carbonyl (C=O) groups excluding carboxylic acids is 1. The number of ether oxygens (including phenoxy) is 4. The van der Waals surface area contributed by atoms with Gasteiger partial charge in [-0.3, -0.25) is 0 Å². The van der Waals surface area contributed by atoms with E-state index in [1.54, 1.807) is 0 Å². The summed E-state index contributed by atoms with van der Waals surface area (Å²) in [7, 11) is 1.18. The van der Waals surface area contributed by atoms with Gasteiger partial charge in [0.25, 0.3) is 0 Å². The fourth-order valence-electron chi connectivity index (χ4n) is 3.79. The van der Waals surface area contributed by atoms with Crippen LogP contribution in [0.2, 0.25) is 0 Å². The minimum absolute atomic E-state index is 0.0494. The third-order valence-electron chi connectivity index (χ3n) is 5.27. The highest BCUT2D eigenvalue weighted by Gasteiger charge is 2.52. The molecule has 0 aromatic heterocycles. The second-order valence-corrected chi connectivity index (χ2v) is 6.84. The van der Waals surface area contributed by atoms with E-state index in [0.717, 1.165) is 6.26 Å². The van der Waals surface area contributed by atoms with Gasteiger partial charge < -0.3 is 49.6 Å². The summed E-state index contributed by atoms with van der Waals surface area (Å²) in [4.78, 5) is 12.0. The van der Waals surface area contributed by atoms with Crippen LogP contribution in [0.4, 0.5) is 0 Å². The van der Waals surface area contributed by atoms with E-state index in [-0.39, 0.29) is 5.57 Å². The van der Waals surface area contributed by atoms with Gasteiger partial charge >= 0.3 is 5.97 Å². The van der Waals surface area contributed by atoms with Crippen molar-refractivity contribution in [1.82, 2.24) is 0 Å². The van der Waals surface area contributed by atoms with Gasteiger partial charge in [-0.25, -0.2) is 4.79 Å². The highest BCUT2D eigenvalue weighted by molar-refractivity contribution is 5.89. The van der Waals surface area contributed by atoms with Crippen LogP contribution in [0.5, 0.6) is 0 Å². The van der Waals surface area contributed by atoms with Crippen LogP contribution in [-0.4, -0.2) is 100 Å². The Labute approximate surface area is 160 Å². The summed E-state index contributed by atoms with van der Waals surface area (Å²) in [5.74, 6) is -2.34. The predicted molar refractivity (Wildman–Crippen MR) is 88.0 cm³/mol. The number of carbonyl (C=O) groups is 1. The molecule has 11 heteroatoms. The lowest BCUT2D eigenvalue weighted by atomic mass is 9.82. The first-order chi connectivity index (χ1) is 13.3. The van der Waals surface area contributed by atoms with Crippen LogP contribution in [0.25, 0.3) is 0 Å². The molecule has 0 saturated carbocycles. The molecule has 2 aliphatic heterocycles. The van der Waals surface area contributed by atoms with Crippen molar-refractivity contribution < 1.29 is 54.4 Å². The molecule has 9 atom stereocenters. The van der Waals surface area contributed by atoms with Gasteiger partial charge in [0.15, 0.2) is 6.29 Å². The Hall–Kier alpha value is -1.57. The van der Waals surface area contributed by atoms with E-state index < -0.39 is 74.1 Å². The van der Waals surface area contributed by atoms with Crippen LogP contribution in [-0.2, 0) is 23.7 Å². The summed E-state index contributed by atoms with van der Waals surface area (Å²) in [6.07, 6.45) is -7.36. The smallest absolute Gasteiger partial charge is 0.337 e. The van der Waals surface area contributed by atoms with Crippen LogP contribution >= 0.6 is 0 Å². The largest absolute Gasteiger partial charge is 0.471 e. The minimum atomic E-state index is -1.65. The van der Waals surface area contributed by atoms with Crippen molar-refractivity contribution in [3.05, 3.63) is 23.5 Å². The molecule has 158 valence electrons. The van der Waals surface area contributed by atoms with Crippen LogP contribution < -0.4 is 0 Å². The molecular weight excluding hydrogens is 380 g/mol. The molecule has 0 unspecified atom stereocenters. The molecule has 0 spiro atoms. The average Bonchev–Trinajstić information content (AvgIpc) is 3.05. The highest BCUT2D eigenvalue weighted by Crippen LogP contribution is 2.44. The van der Waals surface area contributed by atoms with Crippen molar-refractivity contribution >= 4 is 5.97 Å². The van der Waals surface area contributed by atoms with Crippen molar-refractivity contribution in [2.45, 2.75) is 43.1 Å². The van der Waals surface area contributed by atoms with E-state index in [1.165, 1.54) is 13.2 Å². The van der Waals surface area contributed by atoms with Crippen molar-refractivity contribution in [2.24, 2.45) is 11.8 Å². The number of aliphatic hydroxyl groups is 6. The Balaban J connectivity index is 1.84. The van der Waals surface area contributed by atoms with E-state index in [4.69, 9.17) is 18.9 Å². The zero-order chi connectivity index (χ0) is 20.6. The SMILES string of the molecule is COC(=O)C1=CO[C@@H](O[C@H]2O[C@@H](CO)[C@@H](O)[C@@H](O)[C@H]2O)[C@H]2C(CO)=C[C@@H](O)[C@H]12. The average molecular weight is 404 g/mol. The minimum Gasteiger partial charge on any atom is -0.471 e. The molecule has 1 saturated heterocycles. The predicted octanol–water partition coefficient (Wildman–Crippen LogP) is -3.26. The molecule has 0 radical (unpaired) electrons. The van der Waals surface area contributed by atoms with E-state index in [1.807, 2.05) is 0 Å². The number of fused-ring (bicyclic) bond motifs is 1. The first-order valence-corrected chi connectivity index (χ1v) is 8.73. The Morgan fingerprint density at radius 3 is 2.39 bits per heavy atom. The third kappa shape index (κ3) is 3.55. The Bertz CT molecular complexity index is 645. The molecule has 28 heavy (non-hydrogen) atoms. The number of rotatable bonds is 5. The molecule has 0 aromatic carbocycles. The van der Waals surface area contributed by atoms with Gasteiger partial charge in [0.2, 0.25) is 6.29 Å². The standard InChI is InChI=1S/C17H24O11/c1-25-15(24)7-5-26-16(10-6(3-18)2-8(20)11(7)10)28-17-14(23)13(22)12(21)9(4-19)27-17/h2,5,8-14,16-23H,3-4H2,1H3/t8-,9+,10+,11+,12-,13-,14-,16+,17-/m1/s1. The maximum Gasteiger partial charge on any atom is 0.337 e. The van der Waals surface area contributed by atoms with Gasteiger partial charge in [0, 0.05) is 5.92 Å². The zero-order valence-corrected chi connectivity index (χ0v) is 15.0. The van der Waals surface area contributed by atoms with Gasteiger partial charge in [0.1, 0.15) is 24.4 Å². The molecule has 3 rings (SSSR count). The van der Waals surface area contributed by atoms with Crippen molar-refractivity contribution in [3.8, 4) is 0 Å². The monoisotopic (exact) mass is 404 g/mol. The molecule has 6 N–H and O–H groups in total. The number of aliphatic hydroxyl groups excluding tert-OH is 6. The van der Waals surface area contributed by atoms with Crippen LogP contribution in [0.15, 0.2) is 23.5 Å². The zero-order valence-electron chi connectivity index (χ0n) is 15.0. The highest BCUT2D eigenvalue weighted by atomic mass is 16.8. The maximum absolute atomic E-state index is 12.0. The molecule has 0 amide bonds. The van der Waals surface area contributed by atoms with E-state index >= 15 is 0 Å². The molecule has 0 bridgehead atoms. The molecule has 11 nitrogen and oxygen atoms in total. The molecule has 2 heterocycles.